The fourth-order valence-electron chi connectivity index (χ4n) is 8.77. The van der Waals surface area contributed by atoms with E-state index >= 15 is 4.39 Å². The summed E-state index contributed by atoms with van der Waals surface area (Å²) in [6.45, 7) is 14.5. The van der Waals surface area contributed by atoms with E-state index in [2.05, 4.69) is 42.7 Å². The smallest absolute Gasteiger partial charge is 0.319 e. The van der Waals surface area contributed by atoms with Crippen molar-refractivity contribution in [1.29, 1.82) is 5.26 Å². The highest BCUT2D eigenvalue weighted by Crippen LogP contribution is 2.48. The number of anilines is 1. The van der Waals surface area contributed by atoms with Gasteiger partial charge in [0.15, 0.2) is 0 Å². The average Bonchev–Trinajstić information content (AvgIpc) is 3.71. The van der Waals surface area contributed by atoms with E-state index in [1.54, 1.807) is 18.2 Å². The minimum atomic E-state index is -0.263. The monoisotopic (exact) mass is 676 g/mol. The summed E-state index contributed by atoms with van der Waals surface area (Å²) in [5, 5.41) is 22.3. The largest absolute Gasteiger partial charge is 0.508 e. The molecule has 8 nitrogen and oxygen atoms in total. The number of benzene rings is 2. The average molecular weight is 677 g/mol. The molecule has 0 radical (unpaired) electrons. The first-order valence-corrected chi connectivity index (χ1v) is 18.6. The number of hydrogen-bond donors (Lipinski definition) is 1. The Labute approximate surface area is 295 Å². The zero-order valence-corrected chi connectivity index (χ0v) is 30.2. The molecule has 0 amide bonds. The minimum absolute atomic E-state index is 0.00799. The molecule has 1 aromatic heterocycles. The molecule has 0 spiro atoms. The molecule has 3 fully saturated rings. The number of ether oxygens (including phenoxy) is 1. The third-order valence-electron chi connectivity index (χ3n) is 11.6. The Morgan fingerprint density at radius 3 is 2.54 bits per heavy atom. The second-order valence-corrected chi connectivity index (χ2v) is 14.6. The van der Waals surface area contributed by atoms with Crippen LogP contribution in [0.25, 0.3) is 27.5 Å². The predicted octanol–water partition coefficient (Wildman–Crippen LogP) is 8.37. The number of rotatable bonds is 8. The first-order valence-electron chi connectivity index (χ1n) is 18.6. The lowest BCUT2D eigenvalue weighted by atomic mass is 9.78. The van der Waals surface area contributed by atoms with Crippen LogP contribution in [0, 0.1) is 23.1 Å². The van der Waals surface area contributed by atoms with Gasteiger partial charge in [0.2, 0.25) is 0 Å². The van der Waals surface area contributed by atoms with Gasteiger partial charge in [-0.05, 0) is 131 Å². The van der Waals surface area contributed by atoms with E-state index < -0.39 is 0 Å². The molecule has 0 saturated carbocycles. The van der Waals surface area contributed by atoms with Crippen molar-refractivity contribution >= 4 is 39.0 Å². The van der Waals surface area contributed by atoms with Gasteiger partial charge in [0.05, 0.1) is 28.6 Å². The lowest BCUT2D eigenvalue weighted by Gasteiger charge is -2.35. The van der Waals surface area contributed by atoms with Crippen molar-refractivity contribution in [3.8, 4) is 17.8 Å². The third kappa shape index (κ3) is 5.85. The van der Waals surface area contributed by atoms with E-state index in [1.165, 1.54) is 18.9 Å². The van der Waals surface area contributed by atoms with Gasteiger partial charge in [-0.3, -0.25) is 9.89 Å². The van der Waals surface area contributed by atoms with E-state index in [-0.39, 0.29) is 29.1 Å². The Bertz CT molecular complexity index is 1940. The summed E-state index contributed by atoms with van der Waals surface area (Å²) in [6, 6.07) is 9.52. The highest BCUT2D eigenvalue weighted by molar-refractivity contribution is 6.51. The second-order valence-electron chi connectivity index (χ2n) is 14.6. The molecule has 3 saturated heterocycles. The summed E-state index contributed by atoms with van der Waals surface area (Å²) in [4.78, 5) is 20.6. The molecule has 1 atom stereocenters. The predicted molar refractivity (Wildman–Crippen MR) is 199 cm³/mol. The van der Waals surface area contributed by atoms with Crippen molar-refractivity contribution in [3.63, 3.8) is 0 Å². The number of aryl methyl sites for hydroxylation is 1. The molecule has 0 bridgehead atoms. The standard InChI is InChI=1S/C41H49FN6O2/c1-6-25(4)44-38-31(8-3)36-37(26(5)34(38)32-22-29(49)21-28-11-12-33(42)30(7-2)35(28)32)45-40(46-39(36)47-19-13-27(23-43)14-20-47)50-24-41-15-9-17-48(41)18-10-16-41/h8,11-12,21-22,25,27,49H,6-7,9-10,13-20,24H2,1-5H3/b31-8-,44-38?. The number of hydrogen-bond acceptors (Lipinski definition) is 8. The lowest BCUT2D eigenvalue weighted by molar-refractivity contribution is 0.107. The van der Waals surface area contributed by atoms with Crippen molar-refractivity contribution in [2.24, 2.45) is 10.9 Å². The van der Waals surface area contributed by atoms with Gasteiger partial charge in [0.25, 0.3) is 0 Å². The van der Waals surface area contributed by atoms with Gasteiger partial charge < -0.3 is 14.7 Å². The fourth-order valence-corrected chi connectivity index (χ4v) is 8.77. The number of aromatic hydroxyl groups is 1. The summed E-state index contributed by atoms with van der Waals surface area (Å²) < 4.78 is 22.1. The molecule has 3 aliphatic heterocycles. The highest BCUT2D eigenvalue weighted by atomic mass is 19.1. The van der Waals surface area contributed by atoms with Crippen molar-refractivity contribution in [2.45, 2.75) is 97.6 Å². The molecular weight excluding hydrogens is 627 g/mol. The molecule has 4 heterocycles. The van der Waals surface area contributed by atoms with Gasteiger partial charge >= 0.3 is 6.01 Å². The molecule has 1 unspecified atom stereocenters. The Morgan fingerprint density at radius 1 is 1.14 bits per heavy atom. The molecule has 2 aromatic carbocycles. The van der Waals surface area contributed by atoms with Gasteiger partial charge in [0, 0.05) is 36.2 Å². The van der Waals surface area contributed by atoms with Crippen molar-refractivity contribution in [2.75, 3.05) is 37.7 Å². The maximum absolute atomic E-state index is 15.5. The minimum Gasteiger partial charge on any atom is -0.508 e. The SMILES string of the molecule is C/C=C1\C(=NC(C)CC)C(c2cc(O)cc3ccc(F)c(CC)c23)=C(C)c2nc(OCC34CCCN3CCC4)nc(N3CCC(C#N)CC3)c21. The van der Waals surface area contributed by atoms with E-state index in [4.69, 9.17) is 19.7 Å². The van der Waals surface area contributed by atoms with Crippen molar-refractivity contribution in [1.82, 2.24) is 14.9 Å². The second kappa shape index (κ2) is 13.8. The first-order chi connectivity index (χ1) is 24.2. The zero-order valence-electron chi connectivity index (χ0n) is 30.2. The van der Waals surface area contributed by atoms with E-state index in [1.807, 2.05) is 13.8 Å². The molecule has 9 heteroatoms. The molecule has 1 aliphatic carbocycles. The van der Waals surface area contributed by atoms with Gasteiger partial charge in [0.1, 0.15) is 24.0 Å². The van der Waals surface area contributed by atoms with E-state index in [0.717, 1.165) is 101 Å². The number of aliphatic imine (C=N–C) groups is 1. The van der Waals surface area contributed by atoms with Crippen molar-refractivity contribution < 1.29 is 14.2 Å². The van der Waals surface area contributed by atoms with Gasteiger partial charge in [-0.25, -0.2) is 4.39 Å². The number of fused-ring (bicyclic) bond motifs is 3. The summed E-state index contributed by atoms with van der Waals surface area (Å²) in [7, 11) is 0. The van der Waals surface area contributed by atoms with Crippen LogP contribution in [0.4, 0.5) is 10.2 Å². The lowest BCUT2D eigenvalue weighted by Crippen LogP contribution is -2.43. The molecule has 3 aromatic rings. The maximum atomic E-state index is 15.5. The fraction of sp³-hybridized carbons (Fsp3) is 0.512. The number of phenolic OH excluding ortho intramolecular Hbond substituents is 1. The molecular formula is C41H49FN6O2. The summed E-state index contributed by atoms with van der Waals surface area (Å²) in [5.41, 5.74) is 6.47. The van der Waals surface area contributed by atoms with Crippen LogP contribution in [0.1, 0.15) is 102 Å². The summed E-state index contributed by atoms with van der Waals surface area (Å²) in [6.07, 6.45) is 9.56. The molecule has 1 N–H and O–H groups in total. The number of allylic oxidation sites excluding steroid dienone is 4. The third-order valence-corrected chi connectivity index (χ3v) is 11.6. The Hall–Kier alpha value is -4.29. The zero-order chi connectivity index (χ0) is 35.2. The molecule has 7 rings (SSSR count). The van der Waals surface area contributed by atoms with Crippen LogP contribution in [0.2, 0.25) is 0 Å². The van der Waals surface area contributed by atoms with Crippen LogP contribution >= 0.6 is 0 Å². The van der Waals surface area contributed by atoms with Crippen LogP contribution in [-0.2, 0) is 6.42 Å². The Morgan fingerprint density at radius 2 is 1.88 bits per heavy atom. The maximum Gasteiger partial charge on any atom is 0.319 e. The summed E-state index contributed by atoms with van der Waals surface area (Å²) in [5.74, 6) is 0.680. The van der Waals surface area contributed by atoms with E-state index in [0.29, 0.717) is 37.7 Å². The molecule has 4 aliphatic rings. The van der Waals surface area contributed by atoms with Crippen molar-refractivity contribution in [3.05, 3.63) is 58.5 Å². The highest BCUT2D eigenvalue weighted by Gasteiger charge is 2.45. The summed E-state index contributed by atoms with van der Waals surface area (Å²) >= 11 is 0. The van der Waals surface area contributed by atoms with Crippen LogP contribution in [0.3, 0.4) is 0 Å². The number of aromatic nitrogens is 2. The topological polar surface area (TPSA) is 97.9 Å². The van der Waals surface area contributed by atoms with Crippen LogP contribution in [0.5, 0.6) is 11.8 Å². The molecule has 262 valence electrons. The number of nitrogens with zero attached hydrogens (tertiary/aromatic N) is 6. The van der Waals surface area contributed by atoms with E-state index in [9.17, 15) is 10.4 Å². The van der Waals surface area contributed by atoms with Crippen LogP contribution < -0.4 is 9.64 Å². The Balaban J connectivity index is 1.48. The number of phenols is 1. The molecule has 50 heavy (non-hydrogen) atoms. The van der Waals surface area contributed by atoms with Crippen LogP contribution in [0.15, 0.2) is 35.3 Å². The van der Waals surface area contributed by atoms with Crippen LogP contribution in [-0.4, -0.2) is 70.1 Å². The number of piperidine rings is 1. The normalized spacial score (nSPS) is 21.6. The van der Waals surface area contributed by atoms with Gasteiger partial charge in [-0.1, -0.05) is 26.0 Å². The Kier molecular flexibility index (Phi) is 9.42. The van der Waals surface area contributed by atoms with Gasteiger partial charge in [-0.2, -0.15) is 15.2 Å². The first kappa shape index (κ1) is 34.2. The quantitative estimate of drug-likeness (QED) is 0.256. The number of halogens is 1. The van der Waals surface area contributed by atoms with Gasteiger partial charge in [-0.15, -0.1) is 0 Å². The number of nitriles is 1.